The molecule has 2 aromatic carbocycles. The van der Waals surface area contributed by atoms with E-state index in [1.807, 2.05) is 38.1 Å². The van der Waals surface area contributed by atoms with Crippen LogP contribution in [0.15, 0.2) is 60.9 Å². The van der Waals surface area contributed by atoms with Gasteiger partial charge in [-0.2, -0.15) is 0 Å². The molecular weight excluding hydrogens is 445 g/mol. The number of aryl methyl sites for hydroxylation is 2. The van der Waals surface area contributed by atoms with Crippen LogP contribution in [0, 0.1) is 13.8 Å². The number of nitrogens with one attached hydrogen (secondary N) is 2. The van der Waals surface area contributed by atoms with E-state index in [1.165, 1.54) is 7.11 Å². The van der Waals surface area contributed by atoms with Crippen molar-refractivity contribution in [3.05, 3.63) is 88.3 Å². The largest absolute Gasteiger partial charge is 0.350 e. The third-order valence-electron chi connectivity index (χ3n) is 5.23. The average Bonchev–Trinajstić information content (AvgIpc) is 3.16. The lowest BCUT2D eigenvalue weighted by Gasteiger charge is -2.19. The zero-order chi connectivity index (χ0) is 22.9. The maximum atomic E-state index is 14.4. The highest BCUT2D eigenvalue weighted by atomic mass is 35.5. The number of hydrogen-bond donors (Lipinski definition) is 2. The van der Waals surface area contributed by atoms with Gasteiger partial charge in [-0.15, -0.1) is 0 Å². The van der Waals surface area contributed by atoms with Gasteiger partial charge in [0.15, 0.2) is 0 Å². The van der Waals surface area contributed by atoms with Crippen molar-refractivity contribution in [3.63, 3.8) is 0 Å². The molecule has 6 nitrogen and oxygen atoms in total. The minimum atomic E-state index is -3.63. The highest BCUT2D eigenvalue weighted by Gasteiger charge is 2.36. The second-order valence-electron chi connectivity index (χ2n) is 7.66. The standard InChI is InChI=1S/C24H23ClN3O3P/c1-15-9-16(2)11-19(10-15)32(30,31-3)23-20-12-18(25)6-7-21(20)28-22(23)24(29)27-14-17-5-4-8-26-13-17/h4-13,28H,14H2,1-3H3,(H,27,29). The number of aromatic amines is 1. The number of H-pyrrole nitrogens is 1. The predicted octanol–water partition coefficient (Wildman–Crippen LogP) is 4.64. The summed E-state index contributed by atoms with van der Waals surface area (Å²) in [4.78, 5) is 20.4. The summed E-state index contributed by atoms with van der Waals surface area (Å²) in [6, 6.07) is 14.5. The molecule has 4 rings (SSSR count). The van der Waals surface area contributed by atoms with Gasteiger partial charge in [-0.05, 0) is 55.8 Å². The quantitative estimate of drug-likeness (QED) is 0.405. The molecular formula is C24H23ClN3O3P. The monoisotopic (exact) mass is 467 g/mol. The summed E-state index contributed by atoms with van der Waals surface area (Å²) < 4.78 is 20.1. The van der Waals surface area contributed by atoms with Gasteiger partial charge in [-0.3, -0.25) is 14.3 Å². The minimum Gasteiger partial charge on any atom is -0.350 e. The minimum absolute atomic E-state index is 0.190. The lowest BCUT2D eigenvalue weighted by Crippen LogP contribution is -2.30. The Morgan fingerprint density at radius 2 is 1.91 bits per heavy atom. The Balaban J connectivity index is 1.87. The molecule has 2 aromatic heterocycles. The van der Waals surface area contributed by atoms with Gasteiger partial charge >= 0.3 is 0 Å². The van der Waals surface area contributed by atoms with Crippen molar-refractivity contribution in [2.45, 2.75) is 20.4 Å². The van der Waals surface area contributed by atoms with Gasteiger partial charge in [0.2, 0.25) is 0 Å². The number of amides is 1. The number of hydrogen-bond acceptors (Lipinski definition) is 4. The first kappa shape index (κ1) is 22.3. The smallest absolute Gasteiger partial charge is 0.268 e. The lowest BCUT2D eigenvalue weighted by molar-refractivity contribution is 0.0947. The van der Waals surface area contributed by atoms with Gasteiger partial charge in [-0.25, -0.2) is 0 Å². The van der Waals surface area contributed by atoms with E-state index in [4.69, 9.17) is 16.1 Å². The molecule has 0 bridgehead atoms. The Labute approximate surface area is 191 Å². The van der Waals surface area contributed by atoms with Gasteiger partial charge < -0.3 is 14.8 Å². The van der Waals surface area contributed by atoms with Gasteiger partial charge in [0.1, 0.15) is 5.69 Å². The molecule has 2 N–H and O–H groups in total. The topological polar surface area (TPSA) is 84.1 Å². The van der Waals surface area contributed by atoms with Crippen LogP contribution >= 0.6 is 19.0 Å². The Kier molecular flexibility index (Phi) is 6.20. The summed E-state index contributed by atoms with van der Waals surface area (Å²) in [5, 5.41) is 4.79. The van der Waals surface area contributed by atoms with E-state index >= 15 is 0 Å². The molecule has 1 unspecified atom stereocenters. The first-order valence-electron chi connectivity index (χ1n) is 10.1. The van der Waals surface area contributed by atoms with Crippen molar-refractivity contribution in [2.75, 3.05) is 7.11 Å². The third-order valence-corrected chi connectivity index (χ3v) is 7.97. The maximum absolute atomic E-state index is 14.4. The molecule has 0 radical (unpaired) electrons. The van der Waals surface area contributed by atoms with Crippen LogP contribution in [-0.2, 0) is 15.6 Å². The van der Waals surface area contributed by atoms with Crippen LogP contribution in [0.1, 0.15) is 27.2 Å². The molecule has 0 aliphatic heterocycles. The first-order valence-corrected chi connectivity index (χ1v) is 12.1. The first-order chi connectivity index (χ1) is 15.3. The Bertz CT molecular complexity index is 1330. The number of aromatic nitrogens is 2. The fraction of sp³-hybridized carbons (Fsp3) is 0.167. The molecule has 164 valence electrons. The Morgan fingerprint density at radius 1 is 1.16 bits per heavy atom. The van der Waals surface area contributed by atoms with Crippen molar-refractivity contribution in [2.24, 2.45) is 0 Å². The molecule has 0 spiro atoms. The van der Waals surface area contributed by atoms with Gasteiger partial charge in [0.05, 0.1) is 5.30 Å². The molecule has 4 aromatic rings. The number of halogens is 1. The molecule has 0 fully saturated rings. The zero-order valence-electron chi connectivity index (χ0n) is 18.0. The van der Waals surface area contributed by atoms with E-state index < -0.39 is 13.3 Å². The van der Waals surface area contributed by atoms with Crippen LogP contribution in [0.2, 0.25) is 5.02 Å². The van der Waals surface area contributed by atoms with Crippen molar-refractivity contribution in [1.29, 1.82) is 0 Å². The number of carbonyl (C=O) groups excluding carboxylic acids is 1. The average molecular weight is 468 g/mol. The van der Waals surface area contributed by atoms with Crippen LogP contribution in [0.5, 0.6) is 0 Å². The van der Waals surface area contributed by atoms with Crippen molar-refractivity contribution in [3.8, 4) is 0 Å². The van der Waals surface area contributed by atoms with Crippen LogP contribution in [-0.4, -0.2) is 23.0 Å². The van der Waals surface area contributed by atoms with E-state index in [2.05, 4.69) is 15.3 Å². The third kappa shape index (κ3) is 4.22. The van der Waals surface area contributed by atoms with Crippen LogP contribution in [0.4, 0.5) is 0 Å². The summed E-state index contributed by atoms with van der Waals surface area (Å²) in [7, 11) is -2.22. The predicted molar refractivity (Wildman–Crippen MR) is 129 cm³/mol. The highest BCUT2D eigenvalue weighted by molar-refractivity contribution is 7.75. The molecule has 0 saturated heterocycles. The number of pyridine rings is 1. The van der Waals surface area contributed by atoms with Gasteiger partial charge in [0.25, 0.3) is 13.3 Å². The normalized spacial score (nSPS) is 13.1. The Morgan fingerprint density at radius 3 is 2.56 bits per heavy atom. The molecule has 0 aliphatic carbocycles. The summed E-state index contributed by atoms with van der Waals surface area (Å²) in [5.74, 6) is -0.391. The van der Waals surface area contributed by atoms with E-state index in [9.17, 15) is 9.36 Å². The van der Waals surface area contributed by atoms with Gasteiger partial charge in [-0.1, -0.05) is 34.9 Å². The summed E-state index contributed by atoms with van der Waals surface area (Å²) in [6.07, 6.45) is 3.35. The zero-order valence-corrected chi connectivity index (χ0v) is 19.6. The number of rotatable bonds is 6. The second kappa shape index (κ2) is 8.91. The second-order valence-corrected chi connectivity index (χ2v) is 10.5. The van der Waals surface area contributed by atoms with Crippen molar-refractivity contribution >= 4 is 46.4 Å². The van der Waals surface area contributed by atoms with Crippen molar-refractivity contribution < 1.29 is 13.9 Å². The van der Waals surface area contributed by atoms with E-state index in [0.29, 0.717) is 26.5 Å². The highest BCUT2D eigenvalue weighted by Crippen LogP contribution is 2.47. The number of benzene rings is 2. The number of carbonyl (C=O) groups is 1. The Hall–Kier alpha value is -2.92. The summed E-state index contributed by atoms with van der Waals surface area (Å²) in [5.41, 5.74) is 3.61. The summed E-state index contributed by atoms with van der Waals surface area (Å²) >= 11 is 6.26. The molecule has 32 heavy (non-hydrogen) atoms. The molecule has 0 saturated carbocycles. The molecule has 2 heterocycles. The maximum Gasteiger partial charge on any atom is 0.268 e. The van der Waals surface area contributed by atoms with E-state index in [0.717, 1.165) is 16.7 Å². The fourth-order valence-corrected chi connectivity index (χ4v) is 6.36. The van der Waals surface area contributed by atoms with Crippen LogP contribution < -0.4 is 15.9 Å². The molecule has 8 heteroatoms. The van der Waals surface area contributed by atoms with E-state index in [1.54, 1.807) is 36.7 Å². The fourth-order valence-electron chi connectivity index (χ4n) is 3.84. The number of nitrogens with zero attached hydrogens (tertiary/aromatic N) is 1. The summed E-state index contributed by atoms with van der Waals surface area (Å²) in [6.45, 7) is 4.15. The van der Waals surface area contributed by atoms with Crippen molar-refractivity contribution in [1.82, 2.24) is 15.3 Å². The molecule has 0 aliphatic rings. The van der Waals surface area contributed by atoms with Gasteiger partial charge in [0, 0.05) is 47.3 Å². The van der Waals surface area contributed by atoms with Crippen LogP contribution in [0.3, 0.4) is 0 Å². The SMILES string of the molecule is COP(=O)(c1cc(C)cc(C)c1)c1c(C(=O)NCc2cccnc2)[nH]c2ccc(Cl)cc12. The number of fused-ring (bicyclic) bond motifs is 1. The molecule has 1 amide bonds. The van der Waals surface area contributed by atoms with Crippen LogP contribution in [0.25, 0.3) is 10.9 Å². The van der Waals surface area contributed by atoms with E-state index in [-0.39, 0.29) is 12.2 Å². The molecule has 1 atom stereocenters. The lowest BCUT2D eigenvalue weighted by atomic mass is 10.2.